The van der Waals surface area contributed by atoms with E-state index in [9.17, 15) is 10.0 Å². The molecular weight excluding hydrogens is 196 g/mol. The molecule has 0 fully saturated rings. The number of nitrogens with one attached hydrogen (secondary N) is 1. The standard InChI is InChI=1S/C10H14N2O3/c1-2-3-10(14)11-12(15)8-4-6-9(13)7-5-8/h4-7,13,15H,2-3H2,1H3,(H,11,14). The van der Waals surface area contributed by atoms with Crippen LogP contribution < -0.4 is 10.6 Å². The van der Waals surface area contributed by atoms with Crippen LogP contribution in [0.4, 0.5) is 5.69 Å². The van der Waals surface area contributed by atoms with Crippen molar-refractivity contribution in [3.63, 3.8) is 0 Å². The molecule has 0 heterocycles. The summed E-state index contributed by atoms with van der Waals surface area (Å²) in [6.07, 6.45) is 1.07. The molecule has 0 saturated heterocycles. The number of amides is 1. The summed E-state index contributed by atoms with van der Waals surface area (Å²) >= 11 is 0. The van der Waals surface area contributed by atoms with E-state index >= 15 is 0 Å². The monoisotopic (exact) mass is 210 g/mol. The van der Waals surface area contributed by atoms with Crippen LogP contribution in [0.15, 0.2) is 24.3 Å². The molecule has 3 N–H and O–H groups in total. The van der Waals surface area contributed by atoms with E-state index in [2.05, 4.69) is 5.43 Å². The fourth-order valence-corrected chi connectivity index (χ4v) is 1.06. The van der Waals surface area contributed by atoms with Crippen LogP contribution in [0.5, 0.6) is 5.75 Å². The molecule has 1 aromatic rings. The number of carbonyl (C=O) groups is 1. The topological polar surface area (TPSA) is 72.8 Å². The molecule has 0 spiro atoms. The highest BCUT2D eigenvalue weighted by molar-refractivity contribution is 5.77. The number of hydrogen-bond acceptors (Lipinski definition) is 4. The number of phenolic OH excluding ortho intramolecular Hbond substituents is 1. The maximum absolute atomic E-state index is 11.1. The molecule has 0 aliphatic carbocycles. The van der Waals surface area contributed by atoms with E-state index in [1.54, 1.807) is 0 Å². The van der Waals surface area contributed by atoms with Gasteiger partial charge >= 0.3 is 0 Å². The van der Waals surface area contributed by atoms with Crippen LogP contribution in [0.25, 0.3) is 0 Å². The van der Waals surface area contributed by atoms with Gasteiger partial charge in [0.1, 0.15) is 5.75 Å². The van der Waals surface area contributed by atoms with Crippen molar-refractivity contribution >= 4 is 11.6 Å². The largest absolute Gasteiger partial charge is 0.508 e. The summed E-state index contributed by atoms with van der Waals surface area (Å²) in [6, 6.07) is 5.82. The normalized spacial score (nSPS) is 9.73. The van der Waals surface area contributed by atoms with Gasteiger partial charge in [0.15, 0.2) is 0 Å². The Hall–Kier alpha value is -1.75. The zero-order valence-corrected chi connectivity index (χ0v) is 8.47. The minimum Gasteiger partial charge on any atom is -0.508 e. The van der Waals surface area contributed by atoms with Crippen molar-refractivity contribution in [2.24, 2.45) is 0 Å². The molecule has 0 saturated carbocycles. The number of aromatic hydroxyl groups is 1. The third kappa shape index (κ3) is 3.47. The summed E-state index contributed by atoms with van der Waals surface area (Å²) < 4.78 is 0. The van der Waals surface area contributed by atoms with Gasteiger partial charge in [-0.2, -0.15) is 5.17 Å². The molecule has 5 nitrogen and oxygen atoms in total. The molecule has 15 heavy (non-hydrogen) atoms. The third-order valence-corrected chi connectivity index (χ3v) is 1.80. The van der Waals surface area contributed by atoms with Gasteiger partial charge in [-0.05, 0) is 30.7 Å². The number of hydrazine groups is 1. The molecule has 0 radical (unpaired) electrons. The van der Waals surface area contributed by atoms with Crippen LogP contribution >= 0.6 is 0 Å². The molecular formula is C10H14N2O3. The van der Waals surface area contributed by atoms with Crippen LogP contribution in [-0.2, 0) is 4.79 Å². The van der Waals surface area contributed by atoms with E-state index in [1.807, 2.05) is 6.92 Å². The van der Waals surface area contributed by atoms with E-state index in [-0.39, 0.29) is 11.7 Å². The van der Waals surface area contributed by atoms with Gasteiger partial charge in [-0.3, -0.25) is 10.0 Å². The number of anilines is 1. The lowest BCUT2D eigenvalue weighted by atomic mass is 10.3. The van der Waals surface area contributed by atoms with Gasteiger partial charge in [-0.25, -0.2) is 5.43 Å². The molecule has 1 rings (SSSR count). The molecule has 0 bridgehead atoms. The second-order valence-corrected chi connectivity index (χ2v) is 3.11. The number of phenols is 1. The first kappa shape index (κ1) is 11.3. The van der Waals surface area contributed by atoms with Gasteiger partial charge < -0.3 is 5.11 Å². The molecule has 0 aromatic heterocycles. The first-order chi connectivity index (χ1) is 7.13. The highest BCUT2D eigenvalue weighted by Gasteiger charge is 2.06. The summed E-state index contributed by atoms with van der Waals surface area (Å²) in [6.45, 7) is 1.88. The van der Waals surface area contributed by atoms with Gasteiger partial charge in [-0.1, -0.05) is 6.92 Å². The van der Waals surface area contributed by atoms with Crippen molar-refractivity contribution in [3.05, 3.63) is 24.3 Å². The summed E-state index contributed by atoms with van der Waals surface area (Å²) in [5, 5.41) is 19.1. The Morgan fingerprint density at radius 1 is 1.40 bits per heavy atom. The smallest absolute Gasteiger partial charge is 0.240 e. The quantitative estimate of drug-likeness (QED) is 0.657. The Morgan fingerprint density at radius 2 is 2.00 bits per heavy atom. The van der Waals surface area contributed by atoms with Gasteiger partial charge in [0.25, 0.3) is 0 Å². The molecule has 1 aromatic carbocycles. The molecule has 0 aliphatic rings. The van der Waals surface area contributed by atoms with Gasteiger partial charge in [0.05, 0.1) is 5.69 Å². The predicted octanol–water partition coefficient (Wildman–Crippen LogP) is 1.42. The highest BCUT2D eigenvalue weighted by Crippen LogP contribution is 2.15. The molecule has 0 atom stereocenters. The average molecular weight is 210 g/mol. The summed E-state index contributed by atoms with van der Waals surface area (Å²) in [5.41, 5.74) is 2.67. The van der Waals surface area contributed by atoms with E-state index in [4.69, 9.17) is 5.11 Å². The first-order valence-electron chi connectivity index (χ1n) is 4.71. The van der Waals surface area contributed by atoms with Crippen LogP contribution in [0.2, 0.25) is 0 Å². The van der Waals surface area contributed by atoms with Crippen molar-refractivity contribution in [2.75, 3.05) is 5.17 Å². The van der Waals surface area contributed by atoms with E-state index in [0.29, 0.717) is 17.3 Å². The maximum atomic E-state index is 11.1. The Morgan fingerprint density at radius 3 is 2.53 bits per heavy atom. The van der Waals surface area contributed by atoms with E-state index in [1.165, 1.54) is 24.3 Å². The lowest BCUT2D eigenvalue weighted by Crippen LogP contribution is -2.39. The Bertz CT molecular complexity index is 324. The van der Waals surface area contributed by atoms with Crippen LogP contribution in [-0.4, -0.2) is 16.2 Å². The van der Waals surface area contributed by atoms with E-state index in [0.717, 1.165) is 6.42 Å². The number of carbonyl (C=O) groups excluding carboxylic acids is 1. The fourth-order valence-electron chi connectivity index (χ4n) is 1.06. The van der Waals surface area contributed by atoms with Gasteiger partial charge in [0.2, 0.25) is 5.91 Å². The van der Waals surface area contributed by atoms with E-state index < -0.39 is 0 Å². The maximum Gasteiger partial charge on any atom is 0.240 e. The molecule has 82 valence electrons. The summed E-state index contributed by atoms with van der Waals surface area (Å²) in [4.78, 5) is 11.1. The van der Waals surface area contributed by atoms with Crippen molar-refractivity contribution in [1.82, 2.24) is 5.43 Å². The number of benzene rings is 1. The summed E-state index contributed by atoms with van der Waals surface area (Å²) in [5.74, 6) is -0.153. The first-order valence-corrected chi connectivity index (χ1v) is 4.71. The second kappa shape index (κ2) is 5.21. The number of rotatable bonds is 4. The van der Waals surface area contributed by atoms with Crippen molar-refractivity contribution in [1.29, 1.82) is 0 Å². The predicted molar refractivity (Wildman–Crippen MR) is 55.4 cm³/mol. The fraction of sp³-hybridized carbons (Fsp3) is 0.300. The minimum absolute atomic E-state index is 0.104. The number of nitrogens with zero attached hydrogens (tertiary/aromatic N) is 1. The van der Waals surface area contributed by atoms with Crippen molar-refractivity contribution in [3.8, 4) is 5.75 Å². The van der Waals surface area contributed by atoms with Crippen molar-refractivity contribution < 1.29 is 15.1 Å². The SMILES string of the molecule is CCCC(=O)NN(O)c1ccc(O)cc1. The minimum atomic E-state index is -0.256. The third-order valence-electron chi connectivity index (χ3n) is 1.80. The molecule has 1 amide bonds. The second-order valence-electron chi connectivity index (χ2n) is 3.11. The molecule has 0 aliphatic heterocycles. The Balaban J connectivity index is 2.57. The van der Waals surface area contributed by atoms with Crippen LogP contribution in [0.1, 0.15) is 19.8 Å². The van der Waals surface area contributed by atoms with Gasteiger partial charge in [-0.15, -0.1) is 0 Å². The summed E-state index contributed by atoms with van der Waals surface area (Å²) in [7, 11) is 0. The van der Waals surface area contributed by atoms with Crippen LogP contribution in [0, 0.1) is 0 Å². The van der Waals surface area contributed by atoms with Crippen molar-refractivity contribution in [2.45, 2.75) is 19.8 Å². The highest BCUT2D eigenvalue weighted by atomic mass is 16.5. The lowest BCUT2D eigenvalue weighted by molar-refractivity contribution is -0.122. The van der Waals surface area contributed by atoms with Gasteiger partial charge in [0, 0.05) is 6.42 Å². The zero-order valence-electron chi connectivity index (χ0n) is 8.47. The Kier molecular flexibility index (Phi) is 3.93. The number of hydrogen-bond donors (Lipinski definition) is 3. The zero-order chi connectivity index (χ0) is 11.3. The Labute approximate surface area is 87.9 Å². The molecule has 0 unspecified atom stereocenters. The lowest BCUT2D eigenvalue weighted by Gasteiger charge is -2.17. The van der Waals surface area contributed by atoms with Crippen LogP contribution in [0.3, 0.4) is 0 Å². The molecule has 5 heteroatoms. The average Bonchev–Trinajstić information content (AvgIpc) is 2.18.